The number of benzene rings is 1. The quantitative estimate of drug-likeness (QED) is 0.814. The van der Waals surface area contributed by atoms with E-state index in [2.05, 4.69) is 20.1 Å². The number of piperidine rings is 1. The minimum atomic E-state index is -0.840. The van der Waals surface area contributed by atoms with Crippen LogP contribution in [0.15, 0.2) is 48.7 Å². The fourth-order valence-corrected chi connectivity index (χ4v) is 4.60. The van der Waals surface area contributed by atoms with Crippen molar-refractivity contribution in [3.05, 3.63) is 59.8 Å². The summed E-state index contributed by atoms with van der Waals surface area (Å²) in [6, 6.07) is 14.2. The molecule has 2 aliphatic rings. The molecular formula is C23H30N4O2. The predicted octanol–water partition coefficient (Wildman–Crippen LogP) is 2.28. The molecule has 1 amide bonds. The second-order valence-corrected chi connectivity index (χ2v) is 8.18. The van der Waals surface area contributed by atoms with Crippen molar-refractivity contribution >= 4 is 11.7 Å². The molecule has 1 aromatic carbocycles. The van der Waals surface area contributed by atoms with E-state index in [1.165, 1.54) is 19.8 Å². The summed E-state index contributed by atoms with van der Waals surface area (Å²) < 4.78 is 0. The van der Waals surface area contributed by atoms with Crippen LogP contribution >= 0.6 is 0 Å². The molecule has 6 heteroatoms. The standard InChI is InChI=1S/C23H30N4O2/c1-18(28)24-15-19-9-10-22(25-16-19)27-14-11-23(29,20-7-3-2-4-8-20)21(17-27)26-12-5-6-13-26/h2-4,7-10,16,21,29H,5-6,11-15,17H2,1H3,(H,24,28)/t21-,23+/m1/s1. The monoisotopic (exact) mass is 394 g/mol. The lowest BCUT2D eigenvalue weighted by molar-refractivity contribution is -0.119. The zero-order chi connectivity index (χ0) is 20.3. The van der Waals surface area contributed by atoms with Crippen molar-refractivity contribution in [2.75, 3.05) is 31.1 Å². The van der Waals surface area contributed by atoms with Crippen molar-refractivity contribution in [1.82, 2.24) is 15.2 Å². The van der Waals surface area contributed by atoms with Crippen LogP contribution in [0.4, 0.5) is 5.82 Å². The topological polar surface area (TPSA) is 68.7 Å². The SMILES string of the molecule is CC(=O)NCc1ccc(N2CC[C@](O)(c3ccccc3)[C@H](N3CCCC3)C2)nc1. The lowest BCUT2D eigenvalue weighted by atomic mass is 9.79. The van der Waals surface area contributed by atoms with Crippen LogP contribution in [0.25, 0.3) is 0 Å². The third-order valence-electron chi connectivity index (χ3n) is 6.24. The number of likely N-dealkylation sites (tertiary alicyclic amines) is 1. The maximum atomic E-state index is 11.8. The summed E-state index contributed by atoms with van der Waals surface area (Å²) in [6.45, 7) is 5.60. The van der Waals surface area contributed by atoms with E-state index in [4.69, 9.17) is 0 Å². The molecule has 2 atom stereocenters. The van der Waals surface area contributed by atoms with Gasteiger partial charge in [0.05, 0.1) is 6.04 Å². The molecule has 0 spiro atoms. The largest absolute Gasteiger partial charge is 0.383 e. The van der Waals surface area contributed by atoms with Crippen molar-refractivity contribution in [3.8, 4) is 0 Å². The number of nitrogens with zero attached hydrogens (tertiary/aromatic N) is 3. The molecule has 2 aliphatic heterocycles. The first-order chi connectivity index (χ1) is 14.1. The summed E-state index contributed by atoms with van der Waals surface area (Å²) in [5.74, 6) is 0.884. The molecule has 0 aliphatic carbocycles. The van der Waals surface area contributed by atoms with Crippen LogP contribution in [0, 0.1) is 0 Å². The van der Waals surface area contributed by atoms with Gasteiger partial charge in [-0.3, -0.25) is 9.69 Å². The summed E-state index contributed by atoms with van der Waals surface area (Å²) in [7, 11) is 0. The molecule has 0 unspecified atom stereocenters. The number of carbonyl (C=O) groups excluding carboxylic acids is 1. The first kappa shape index (κ1) is 19.9. The molecule has 2 saturated heterocycles. The van der Waals surface area contributed by atoms with Gasteiger partial charge < -0.3 is 15.3 Å². The normalized spacial score (nSPS) is 25.2. The van der Waals surface area contributed by atoms with Crippen LogP contribution in [0.3, 0.4) is 0 Å². The summed E-state index contributed by atoms with van der Waals surface area (Å²) in [5, 5.41) is 14.6. The van der Waals surface area contributed by atoms with Crippen LogP contribution < -0.4 is 10.2 Å². The third kappa shape index (κ3) is 4.28. The second-order valence-electron chi connectivity index (χ2n) is 8.18. The second kappa shape index (κ2) is 8.51. The van der Waals surface area contributed by atoms with Crippen molar-refractivity contribution in [2.45, 2.75) is 44.4 Å². The Morgan fingerprint density at radius 2 is 1.93 bits per heavy atom. The number of carbonyl (C=O) groups is 1. The summed E-state index contributed by atoms with van der Waals surface area (Å²) in [4.78, 5) is 20.5. The number of amides is 1. The van der Waals surface area contributed by atoms with Gasteiger partial charge in [0, 0.05) is 32.8 Å². The number of hydrogen-bond acceptors (Lipinski definition) is 5. The Morgan fingerprint density at radius 3 is 2.59 bits per heavy atom. The minimum Gasteiger partial charge on any atom is -0.383 e. The summed E-state index contributed by atoms with van der Waals surface area (Å²) in [6.07, 6.45) is 4.89. The Balaban J connectivity index is 1.54. The van der Waals surface area contributed by atoms with Crippen molar-refractivity contribution in [2.24, 2.45) is 0 Å². The van der Waals surface area contributed by atoms with Crippen LogP contribution in [0.5, 0.6) is 0 Å². The Hall–Kier alpha value is -2.44. The Kier molecular flexibility index (Phi) is 5.83. The van der Waals surface area contributed by atoms with Crippen molar-refractivity contribution in [1.29, 1.82) is 0 Å². The van der Waals surface area contributed by atoms with E-state index in [1.54, 1.807) is 0 Å². The third-order valence-corrected chi connectivity index (χ3v) is 6.24. The van der Waals surface area contributed by atoms with E-state index in [-0.39, 0.29) is 11.9 Å². The zero-order valence-electron chi connectivity index (χ0n) is 17.1. The molecule has 0 radical (unpaired) electrons. The lowest BCUT2D eigenvalue weighted by Crippen LogP contribution is -2.60. The highest BCUT2D eigenvalue weighted by molar-refractivity contribution is 5.72. The van der Waals surface area contributed by atoms with Gasteiger partial charge in [-0.25, -0.2) is 4.98 Å². The van der Waals surface area contributed by atoms with Gasteiger partial charge in [0.25, 0.3) is 0 Å². The molecule has 2 fully saturated rings. The molecule has 3 heterocycles. The Labute approximate surface area is 172 Å². The molecule has 1 aromatic heterocycles. The van der Waals surface area contributed by atoms with Gasteiger partial charge in [0.15, 0.2) is 0 Å². The number of hydrogen-bond donors (Lipinski definition) is 2. The average Bonchev–Trinajstić information content (AvgIpc) is 3.28. The number of aromatic nitrogens is 1. The molecule has 4 rings (SSSR count). The smallest absolute Gasteiger partial charge is 0.217 e. The highest BCUT2D eigenvalue weighted by Crippen LogP contribution is 2.38. The van der Waals surface area contributed by atoms with Crippen molar-refractivity contribution in [3.63, 3.8) is 0 Å². The molecule has 2 aromatic rings. The maximum absolute atomic E-state index is 11.8. The van der Waals surface area contributed by atoms with E-state index >= 15 is 0 Å². The molecule has 0 saturated carbocycles. The van der Waals surface area contributed by atoms with E-state index in [1.807, 2.05) is 48.7 Å². The molecule has 29 heavy (non-hydrogen) atoms. The average molecular weight is 395 g/mol. The first-order valence-electron chi connectivity index (χ1n) is 10.5. The van der Waals surface area contributed by atoms with Crippen LogP contribution in [0.2, 0.25) is 0 Å². The van der Waals surface area contributed by atoms with E-state index in [0.717, 1.165) is 43.1 Å². The molecule has 2 N–H and O–H groups in total. The fourth-order valence-electron chi connectivity index (χ4n) is 4.60. The number of pyridine rings is 1. The highest BCUT2D eigenvalue weighted by atomic mass is 16.3. The Morgan fingerprint density at radius 1 is 1.17 bits per heavy atom. The highest BCUT2D eigenvalue weighted by Gasteiger charge is 2.46. The zero-order valence-corrected chi connectivity index (χ0v) is 17.1. The predicted molar refractivity (Wildman–Crippen MR) is 114 cm³/mol. The van der Waals surface area contributed by atoms with Gasteiger partial charge in [-0.1, -0.05) is 36.4 Å². The van der Waals surface area contributed by atoms with Crippen LogP contribution in [0.1, 0.15) is 37.3 Å². The molecule has 154 valence electrons. The number of rotatable bonds is 5. The first-order valence-corrected chi connectivity index (χ1v) is 10.5. The van der Waals surface area contributed by atoms with E-state index in [9.17, 15) is 9.90 Å². The van der Waals surface area contributed by atoms with Gasteiger partial charge >= 0.3 is 0 Å². The van der Waals surface area contributed by atoms with Gasteiger partial charge in [-0.15, -0.1) is 0 Å². The van der Waals surface area contributed by atoms with Gasteiger partial charge in [-0.05, 0) is 49.5 Å². The molecule has 6 nitrogen and oxygen atoms in total. The van der Waals surface area contributed by atoms with E-state index in [0.29, 0.717) is 13.0 Å². The minimum absolute atomic E-state index is 0.0428. The number of anilines is 1. The number of nitrogens with one attached hydrogen (secondary N) is 1. The maximum Gasteiger partial charge on any atom is 0.217 e. The fraction of sp³-hybridized carbons (Fsp3) is 0.478. The Bertz CT molecular complexity index is 821. The van der Waals surface area contributed by atoms with Gasteiger partial charge in [0.2, 0.25) is 5.91 Å². The van der Waals surface area contributed by atoms with E-state index < -0.39 is 5.60 Å². The van der Waals surface area contributed by atoms with Gasteiger partial charge in [-0.2, -0.15) is 0 Å². The van der Waals surface area contributed by atoms with Crippen LogP contribution in [-0.4, -0.2) is 53.1 Å². The molecule has 0 bridgehead atoms. The van der Waals surface area contributed by atoms with Gasteiger partial charge in [0.1, 0.15) is 11.4 Å². The number of aliphatic hydroxyl groups is 1. The lowest BCUT2D eigenvalue weighted by Gasteiger charge is -2.49. The summed E-state index contributed by atoms with van der Waals surface area (Å²) >= 11 is 0. The summed E-state index contributed by atoms with van der Waals surface area (Å²) in [5.41, 5.74) is 1.15. The van der Waals surface area contributed by atoms with Crippen molar-refractivity contribution < 1.29 is 9.90 Å². The molecular weight excluding hydrogens is 364 g/mol. The van der Waals surface area contributed by atoms with Crippen LogP contribution in [-0.2, 0) is 16.9 Å².